The van der Waals surface area contributed by atoms with Gasteiger partial charge in [0.25, 0.3) is 0 Å². The van der Waals surface area contributed by atoms with Gasteiger partial charge in [0, 0.05) is 6.54 Å². The SMILES string of the molecule is CNCCC(=O)OCc1ccccc1.Cl. The van der Waals surface area contributed by atoms with Crippen LogP contribution in [0.1, 0.15) is 12.0 Å². The summed E-state index contributed by atoms with van der Waals surface area (Å²) in [7, 11) is 1.81. The van der Waals surface area contributed by atoms with Crippen molar-refractivity contribution in [1.29, 1.82) is 0 Å². The van der Waals surface area contributed by atoms with E-state index in [4.69, 9.17) is 4.74 Å². The summed E-state index contributed by atoms with van der Waals surface area (Å²) in [4.78, 5) is 11.1. The summed E-state index contributed by atoms with van der Waals surface area (Å²) in [6.45, 7) is 1.02. The first-order valence-electron chi connectivity index (χ1n) is 4.67. The van der Waals surface area contributed by atoms with Crippen LogP contribution >= 0.6 is 12.4 Å². The average molecular weight is 230 g/mol. The van der Waals surface area contributed by atoms with Gasteiger partial charge in [-0.25, -0.2) is 0 Å². The maximum atomic E-state index is 11.1. The molecule has 0 aliphatic rings. The van der Waals surface area contributed by atoms with Crippen LogP contribution in [0, 0.1) is 0 Å². The zero-order chi connectivity index (χ0) is 10.2. The van der Waals surface area contributed by atoms with Crippen LogP contribution in [0.15, 0.2) is 30.3 Å². The molecule has 3 nitrogen and oxygen atoms in total. The van der Waals surface area contributed by atoms with Crippen molar-refractivity contribution in [3.8, 4) is 0 Å². The molecule has 0 unspecified atom stereocenters. The lowest BCUT2D eigenvalue weighted by Crippen LogP contribution is -2.14. The minimum absolute atomic E-state index is 0. The van der Waals surface area contributed by atoms with Crippen LogP contribution in [0.4, 0.5) is 0 Å². The molecule has 0 spiro atoms. The van der Waals surface area contributed by atoms with E-state index in [0.717, 1.165) is 5.56 Å². The number of nitrogens with one attached hydrogen (secondary N) is 1. The van der Waals surface area contributed by atoms with E-state index in [9.17, 15) is 4.79 Å². The summed E-state index contributed by atoms with van der Waals surface area (Å²) in [5.74, 6) is -0.164. The molecule has 84 valence electrons. The largest absolute Gasteiger partial charge is 0.461 e. The zero-order valence-corrected chi connectivity index (χ0v) is 9.55. The van der Waals surface area contributed by atoms with Gasteiger partial charge in [-0.3, -0.25) is 4.79 Å². The van der Waals surface area contributed by atoms with E-state index in [2.05, 4.69) is 5.32 Å². The van der Waals surface area contributed by atoms with E-state index >= 15 is 0 Å². The van der Waals surface area contributed by atoms with Gasteiger partial charge in [-0.2, -0.15) is 0 Å². The van der Waals surface area contributed by atoms with Crippen LogP contribution in [-0.4, -0.2) is 19.6 Å². The molecule has 0 heterocycles. The quantitative estimate of drug-likeness (QED) is 0.782. The smallest absolute Gasteiger partial charge is 0.307 e. The lowest BCUT2D eigenvalue weighted by atomic mass is 10.2. The van der Waals surface area contributed by atoms with E-state index < -0.39 is 0 Å². The highest BCUT2D eigenvalue weighted by atomic mass is 35.5. The third-order valence-electron chi connectivity index (χ3n) is 1.82. The first-order chi connectivity index (χ1) is 6.83. The maximum Gasteiger partial charge on any atom is 0.307 e. The van der Waals surface area contributed by atoms with Crippen LogP contribution in [0.2, 0.25) is 0 Å². The van der Waals surface area contributed by atoms with Crippen molar-refractivity contribution in [2.45, 2.75) is 13.0 Å². The van der Waals surface area contributed by atoms with Crippen molar-refractivity contribution in [2.75, 3.05) is 13.6 Å². The van der Waals surface area contributed by atoms with Crippen LogP contribution in [0.5, 0.6) is 0 Å². The Morgan fingerprint density at radius 3 is 2.60 bits per heavy atom. The third kappa shape index (κ3) is 6.10. The second-order valence-corrected chi connectivity index (χ2v) is 3.00. The maximum absolute atomic E-state index is 11.1. The van der Waals surface area contributed by atoms with Gasteiger partial charge < -0.3 is 10.1 Å². The van der Waals surface area contributed by atoms with Gasteiger partial charge in [0.15, 0.2) is 0 Å². The van der Waals surface area contributed by atoms with Crippen LogP contribution in [0.3, 0.4) is 0 Å². The fraction of sp³-hybridized carbons (Fsp3) is 0.364. The highest BCUT2D eigenvalue weighted by molar-refractivity contribution is 5.85. The minimum atomic E-state index is -0.164. The molecule has 1 N–H and O–H groups in total. The van der Waals surface area contributed by atoms with E-state index in [0.29, 0.717) is 19.6 Å². The average Bonchev–Trinajstić information content (AvgIpc) is 2.25. The van der Waals surface area contributed by atoms with Crippen molar-refractivity contribution in [1.82, 2.24) is 5.32 Å². The molecule has 1 aromatic rings. The summed E-state index contributed by atoms with van der Waals surface area (Å²) >= 11 is 0. The predicted octanol–water partition coefficient (Wildman–Crippen LogP) is 1.76. The van der Waals surface area contributed by atoms with Gasteiger partial charge >= 0.3 is 5.97 Å². The molecule has 1 aromatic carbocycles. The van der Waals surface area contributed by atoms with Crippen LogP contribution in [0.25, 0.3) is 0 Å². The molecule has 0 fully saturated rings. The monoisotopic (exact) mass is 229 g/mol. The summed E-state index contributed by atoms with van der Waals surface area (Å²) in [6, 6.07) is 9.66. The molecule has 0 bridgehead atoms. The lowest BCUT2D eigenvalue weighted by Gasteiger charge is -2.04. The zero-order valence-electron chi connectivity index (χ0n) is 8.73. The first kappa shape index (κ1) is 13.9. The number of carbonyl (C=O) groups excluding carboxylic acids is 1. The van der Waals surface area contributed by atoms with Crippen LogP contribution < -0.4 is 5.32 Å². The molecule has 0 amide bonds. The Bertz CT molecular complexity index is 277. The summed E-state index contributed by atoms with van der Waals surface area (Å²) < 4.78 is 5.05. The molecule has 15 heavy (non-hydrogen) atoms. The molecule has 0 saturated carbocycles. The van der Waals surface area contributed by atoms with Crippen molar-refractivity contribution in [3.63, 3.8) is 0 Å². The number of halogens is 1. The van der Waals surface area contributed by atoms with E-state index in [1.54, 1.807) is 0 Å². The normalized spacial score (nSPS) is 9.13. The van der Waals surface area contributed by atoms with Gasteiger partial charge in [0.1, 0.15) is 6.61 Å². The van der Waals surface area contributed by atoms with Crippen molar-refractivity contribution in [3.05, 3.63) is 35.9 Å². The Hall–Kier alpha value is -1.06. The minimum Gasteiger partial charge on any atom is -0.461 e. The molecule has 0 saturated heterocycles. The van der Waals surface area contributed by atoms with Gasteiger partial charge in [0.2, 0.25) is 0 Å². The van der Waals surface area contributed by atoms with E-state index in [1.165, 1.54) is 0 Å². The molecule has 0 aromatic heterocycles. The molecule has 0 aliphatic heterocycles. The Morgan fingerprint density at radius 2 is 2.00 bits per heavy atom. The number of esters is 1. The van der Waals surface area contributed by atoms with Crippen molar-refractivity contribution < 1.29 is 9.53 Å². The van der Waals surface area contributed by atoms with Gasteiger partial charge in [0.05, 0.1) is 6.42 Å². The number of carbonyl (C=O) groups is 1. The molecule has 4 heteroatoms. The van der Waals surface area contributed by atoms with E-state index in [-0.39, 0.29) is 18.4 Å². The Balaban J connectivity index is 0.00000196. The fourth-order valence-corrected chi connectivity index (χ4v) is 1.04. The molecule has 0 atom stereocenters. The molecule has 1 rings (SSSR count). The molecular weight excluding hydrogens is 214 g/mol. The number of hydrogen-bond donors (Lipinski definition) is 1. The van der Waals surface area contributed by atoms with Gasteiger partial charge in [-0.1, -0.05) is 30.3 Å². The molecular formula is C11H16ClNO2. The molecule has 0 aliphatic carbocycles. The second-order valence-electron chi connectivity index (χ2n) is 3.00. The number of hydrogen-bond acceptors (Lipinski definition) is 3. The molecule has 0 radical (unpaired) electrons. The van der Waals surface area contributed by atoms with Crippen LogP contribution in [-0.2, 0) is 16.1 Å². The number of benzene rings is 1. The van der Waals surface area contributed by atoms with Gasteiger partial charge in [-0.05, 0) is 12.6 Å². The topological polar surface area (TPSA) is 38.3 Å². The first-order valence-corrected chi connectivity index (χ1v) is 4.67. The highest BCUT2D eigenvalue weighted by Gasteiger charge is 2.01. The number of rotatable bonds is 5. The standard InChI is InChI=1S/C11H15NO2.ClH/c1-12-8-7-11(13)14-9-10-5-3-2-4-6-10;/h2-6,12H,7-9H2,1H3;1H. The van der Waals surface area contributed by atoms with Crippen molar-refractivity contribution in [2.24, 2.45) is 0 Å². The Morgan fingerprint density at radius 1 is 1.33 bits per heavy atom. The third-order valence-corrected chi connectivity index (χ3v) is 1.82. The predicted molar refractivity (Wildman–Crippen MR) is 62.0 cm³/mol. The summed E-state index contributed by atoms with van der Waals surface area (Å²) in [5, 5.41) is 2.90. The Labute approximate surface area is 96.2 Å². The second kappa shape index (κ2) is 8.26. The van der Waals surface area contributed by atoms with Crippen molar-refractivity contribution >= 4 is 18.4 Å². The highest BCUT2D eigenvalue weighted by Crippen LogP contribution is 2.01. The summed E-state index contributed by atoms with van der Waals surface area (Å²) in [5.41, 5.74) is 1.02. The Kier molecular flexibility index (Phi) is 7.68. The number of ether oxygens (including phenoxy) is 1. The fourth-order valence-electron chi connectivity index (χ4n) is 1.04. The summed E-state index contributed by atoms with van der Waals surface area (Å²) in [6.07, 6.45) is 0.420. The van der Waals surface area contributed by atoms with E-state index in [1.807, 2.05) is 37.4 Å². The van der Waals surface area contributed by atoms with Gasteiger partial charge in [-0.15, -0.1) is 12.4 Å². The lowest BCUT2D eigenvalue weighted by molar-refractivity contribution is -0.144.